The van der Waals surface area contributed by atoms with E-state index >= 15 is 0 Å². The zero-order valence-corrected chi connectivity index (χ0v) is 6.84. The molecule has 1 nitrogen and oxygen atoms in total. The first-order valence-electron chi connectivity index (χ1n) is 3.56. The topological polar surface area (TPSA) is 26.0 Å². The Labute approximate surface area is 70.3 Å². The third kappa shape index (κ3) is 1.19. The van der Waals surface area contributed by atoms with Crippen LogP contribution in [0.25, 0.3) is 0 Å². The van der Waals surface area contributed by atoms with Crippen molar-refractivity contribution in [2.24, 2.45) is 5.73 Å². The third-order valence-electron chi connectivity index (χ3n) is 1.76. The molecule has 0 aliphatic carbocycles. The van der Waals surface area contributed by atoms with Gasteiger partial charge in [0.1, 0.15) is 0 Å². The van der Waals surface area contributed by atoms with Crippen LogP contribution in [0.2, 0.25) is 0 Å². The average molecular weight is 163 g/mol. The molecule has 0 radical (unpaired) electrons. The van der Waals surface area contributed by atoms with Crippen molar-refractivity contribution in [3.63, 3.8) is 0 Å². The Morgan fingerprint density at radius 3 is 2.91 bits per heavy atom. The van der Waals surface area contributed by atoms with Gasteiger partial charge in [0.2, 0.25) is 0 Å². The van der Waals surface area contributed by atoms with E-state index in [2.05, 4.69) is 12.1 Å². The molecular formula is C9H9NS. The minimum Gasteiger partial charge on any atom is -0.321 e. The molecule has 1 aromatic rings. The standard InChI is InChI=1S/C9H9NS/c10-8-5-6-11-9-4-2-1-3-7(8)9/h1-6,8H,10H2. The minimum atomic E-state index is 0.0902. The molecule has 0 fully saturated rings. The van der Waals surface area contributed by atoms with E-state index in [1.54, 1.807) is 11.8 Å². The Morgan fingerprint density at radius 1 is 1.27 bits per heavy atom. The molecule has 0 spiro atoms. The lowest BCUT2D eigenvalue weighted by atomic mass is 10.1. The highest BCUT2D eigenvalue weighted by molar-refractivity contribution is 8.02. The first-order chi connectivity index (χ1) is 5.38. The Bertz CT molecular complexity index is 293. The molecule has 2 heteroatoms. The normalized spacial score (nSPS) is 21.4. The Kier molecular flexibility index (Phi) is 1.72. The largest absolute Gasteiger partial charge is 0.321 e. The maximum atomic E-state index is 5.85. The monoisotopic (exact) mass is 163 g/mol. The van der Waals surface area contributed by atoms with Crippen molar-refractivity contribution >= 4 is 11.8 Å². The first kappa shape index (κ1) is 6.95. The van der Waals surface area contributed by atoms with Crippen molar-refractivity contribution in [1.29, 1.82) is 0 Å². The molecule has 0 saturated carbocycles. The predicted octanol–water partition coefficient (Wildman–Crippen LogP) is 2.31. The predicted molar refractivity (Wildman–Crippen MR) is 48.4 cm³/mol. The van der Waals surface area contributed by atoms with Gasteiger partial charge in [0.25, 0.3) is 0 Å². The van der Waals surface area contributed by atoms with Gasteiger partial charge in [0.15, 0.2) is 0 Å². The molecule has 1 heterocycles. The van der Waals surface area contributed by atoms with E-state index in [1.807, 2.05) is 23.6 Å². The van der Waals surface area contributed by atoms with Crippen LogP contribution in [-0.2, 0) is 0 Å². The summed E-state index contributed by atoms with van der Waals surface area (Å²) in [6.07, 6.45) is 2.02. The number of hydrogen-bond acceptors (Lipinski definition) is 2. The maximum absolute atomic E-state index is 5.85. The molecule has 2 rings (SSSR count). The molecular weight excluding hydrogens is 154 g/mol. The van der Waals surface area contributed by atoms with Crippen LogP contribution in [0.3, 0.4) is 0 Å². The highest BCUT2D eigenvalue weighted by Gasteiger charge is 2.10. The number of hydrogen-bond donors (Lipinski definition) is 1. The Hall–Kier alpha value is -0.730. The van der Waals surface area contributed by atoms with Crippen molar-refractivity contribution in [3.8, 4) is 0 Å². The van der Waals surface area contributed by atoms with Gasteiger partial charge in [0, 0.05) is 4.90 Å². The van der Waals surface area contributed by atoms with Crippen LogP contribution in [-0.4, -0.2) is 0 Å². The van der Waals surface area contributed by atoms with Gasteiger partial charge in [-0.25, -0.2) is 0 Å². The molecule has 0 saturated heterocycles. The number of fused-ring (bicyclic) bond motifs is 1. The third-order valence-corrected chi connectivity index (χ3v) is 2.68. The Balaban J connectivity index is 2.50. The van der Waals surface area contributed by atoms with Gasteiger partial charge in [-0.15, -0.1) is 0 Å². The lowest BCUT2D eigenvalue weighted by Crippen LogP contribution is -2.09. The second kappa shape index (κ2) is 2.72. The number of rotatable bonds is 0. The summed E-state index contributed by atoms with van der Waals surface area (Å²) in [6, 6.07) is 8.34. The van der Waals surface area contributed by atoms with E-state index < -0.39 is 0 Å². The van der Waals surface area contributed by atoms with Crippen LogP contribution >= 0.6 is 11.8 Å². The summed E-state index contributed by atoms with van der Waals surface area (Å²) in [6.45, 7) is 0. The summed E-state index contributed by atoms with van der Waals surface area (Å²) < 4.78 is 0. The van der Waals surface area contributed by atoms with Crippen LogP contribution in [0, 0.1) is 0 Å². The fourth-order valence-electron chi connectivity index (χ4n) is 1.16. The molecule has 11 heavy (non-hydrogen) atoms. The van der Waals surface area contributed by atoms with Gasteiger partial charge in [-0.3, -0.25) is 0 Å². The molecule has 1 unspecified atom stereocenters. The first-order valence-corrected chi connectivity index (χ1v) is 4.44. The molecule has 1 aromatic carbocycles. The van der Waals surface area contributed by atoms with Gasteiger partial charge in [-0.05, 0) is 17.0 Å². The number of benzene rings is 1. The number of thioether (sulfide) groups is 1. The van der Waals surface area contributed by atoms with E-state index in [-0.39, 0.29) is 6.04 Å². The van der Waals surface area contributed by atoms with Crippen LogP contribution in [0.4, 0.5) is 0 Å². The molecule has 0 amide bonds. The lowest BCUT2D eigenvalue weighted by Gasteiger charge is -2.15. The van der Waals surface area contributed by atoms with Crippen molar-refractivity contribution in [2.75, 3.05) is 0 Å². The molecule has 0 aromatic heterocycles. The molecule has 56 valence electrons. The SMILES string of the molecule is NC1C=CSc2ccccc21. The van der Waals surface area contributed by atoms with E-state index in [0.717, 1.165) is 0 Å². The molecule has 1 aliphatic rings. The van der Waals surface area contributed by atoms with Crippen molar-refractivity contribution in [1.82, 2.24) is 0 Å². The average Bonchev–Trinajstić information content (AvgIpc) is 2.06. The highest BCUT2D eigenvalue weighted by atomic mass is 32.2. The summed E-state index contributed by atoms with van der Waals surface area (Å²) >= 11 is 1.73. The second-order valence-corrected chi connectivity index (χ2v) is 3.46. The summed E-state index contributed by atoms with van der Waals surface area (Å²) in [5.74, 6) is 0. The Morgan fingerprint density at radius 2 is 2.09 bits per heavy atom. The summed E-state index contributed by atoms with van der Waals surface area (Å²) in [5.41, 5.74) is 7.08. The zero-order valence-electron chi connectivity index (χ0n) is 6.03. The van der Waals surface area contributed by atoms with Crippen LogP contribution < -0.4 is 5.73 Å². The molecule has 1 aliphatic heterocycles. The molecule has 0 bridgehead atoms. The smallest absolute Gasteiger partial charge is 0.0500 e. The quantitative estimate of drug-likeness (QED) is 0.635. The highest BCUT2D eigenvalue weighted by Crippen LogP contribution is 2.32. The second-order valence-electron chi connectivity index (χ2n) is 2.51. The van der Waals surface area contributed by atoms with Crippen molar-refractivity contribution < 1.29 is 0 Å². The molecule has 2 N–H and O–H groups in total. The van der Waals surface area contributed by atoms with Gasteiger partial charge in [0.05, 0.1) is 6.04 Å². The van der Waals surface area contributed by atoms with Gasteiger partial charge < -0.3 is 5.73 Å². The van der Waals surface area contributed by atoms with Gasteiger partial charge >= 0.3 is 0 Å². The summed E-state index contributed by atoms with van der Waals surface area (Å²) in [5, 5.41) is 2.05. The fourth-order valence-corrected chi connectivity index (χ4v) is 2.06. The minimum absolute atomic E-state index is 0.0902. The van der Waals surface area contributed by atoms with E-state index in [0.29, 0.717) is 0 Å². The van der Waals surface area contributed by atoms with Crippen molar-refractivity contribution in [3.05, 3.63) is 41.3 Å². The van der Waals surface area contributed by atoms with E-state index in [1.165, 1.54) is 10.5 Å². The fraction of sp³-hybridized carbons (Fsp3) is 0.111. The van der Waals surface area contributed by atoms with E-state index in [9.17, 15) is 0 Å². The van der Waals surface area contributed by atoms with Gasteiger partial charge in [-0.1, -0.05) is 36.0 Å². The maximum Gasteiger partial charge on any atom is 0.0500 e. The van der Waals surface area contributed by atoms with Gasteiger partial charge in [-0.2, -0.15) is 0 Å². The summed E-state index contributed by atoms with van der Waals surface area (Å²) in [4.78, 5) is 1.28. The lowest BCUT2D eigenvalue weighted by molar-refractivity contribution is 0.881. The summed E-state index contributed by atoms with van der Waals surface area (Å²) in [7, 11) is 0. The molecule has 1 atom stereocenters. The van der Waals surface area contributed by atoms with Crippen molar-refractivity contribution in [2.45, 2.75) is 10.9 Å². The van der Waals surface area contributed by atoms with Crippen LogP contribution in [0.5, 0.6) is 0 Å². The van der Waals surface area contributed by atoms with Crippen LogP contribution in [0.1, 0.15) is 11.6 Å². The zero-order chi connectivity index (χ0) is 7.68. The van der Waals surface area contributed by atoms with Crippen LogP contribution in [0.15, 0.2) is 40.6 Å². The van der Waals surface area contributed by atoms with E-state index in [4.69, 9.17) is 5.73 Å². The number of nitrogens with two attached hydrogens (primary N) is 1.